The fraction of sp³-hybridized carbons (Fsp3) is 0.261. The maximum Gasteiger partial charge on any atom is 0.267 e. The van der Waals surface area contributed by atoms with Gasteiger partial charge in [0, 0.05) is 17.8 Å². The molecule has 0 bridgehead atoms. The summed E-state index contributed by atoms with van der Waals surface area (Å²) in [4.78, 5) is 25.2. The van der Waals surface area contributed by atoms with Gasteiger partial charge >= 0.3 is 0 Å². The third-order valence-corrected chi connectivity index (χ3v) is 4.92. The Kier molecular flexibility index (Phi) is 5.88. The Labute approximate surface area is 179 Å². The number of nitrogens with one attached hydrogen (secondary N) is 1. The summed E-state index contributed by atoms with van der Waals surface area (Å²) in [6.07, 6.45) is 2.56. The number of carbonyl (C=O) groups is 1. The SMILES string of the molecule is CC(C)C[C@@H](NC(=O)Cn1nc(-c2ccccc2)ccc1=O)c1nnc2ccccn12. The molecule has 1 N–H and O–H groups in total. The van der Waals surface area contributed by atoms with E-state index >= 15 is 0 Å². The molecule has 1 atom stereocenters. The maximum absolute atomic E-state index is 12.9. The van der Waals surface area contributed by atoms with Crippen LogP contribution in [0.4, 0.5) is 0 Å². The van der Waals surface area contributed by atoms with Crippen molar-refractivity contribution in [1.82, 2.24) is 29.7 Å². The van der Waals surface area contributed by atoms with Gasteiger partial charge in [-0.15, -0.1) is 10.2 Å². The number of pyridine rings is 1. The Bertz CT molecular complexity index is 1250. The summed E-state index contributed by atoms with van der Waals surface area (Å²) in [5.74, 6) is 0.678. The minimum Gasteiger partial charge on any atom is -0.344 e. The van der Waals surface area contributed by atoms with Gasteiger partial charge in [-0.1, -0.05) is 50.2 Å². The second-order valence-corrected chi connectivity index (χ2v) is 7.82. The lowest BCUT2D eigenvalue weighted by Crippen LogP contribution is -2.36. The molecule has 0 fully saturated rings. The zero-order valence-corrected chi connectivity index (χ0v) is 17.5. The monoisotopic (exact) mass is 416 g/mol. The highest BCUT2D eigenvalue weighted by Gasteiger charge is 2.22. The molecular weight excluding hydrogens is 392 g/mol. The molecule has 0 saturated heterocycles. The van der Waals surface area contributed by atoms with Crippen LogP contribution in [0.1, 0.15) is 32.1 Å². The Morgan fingerprint density at radius 3 is 2.55 bits per heavy atom. The number of carbonyl (C=O) groups excluding carboxylic acids is 1. The van der Waals surface area contributed by atoms with Gasteiger partial charge < -0.3 is 5.32 Å². The van der Waals surface area contributed by atoms with Crippen molar-refractivity contribution in [3.05, 3.63) is 83.0 Å². The maximum atomic E-state index is 12.9. The summed E-state index contributed by atoms with van der Waals surface area (Å²) in [5, 5.41) is 15.9. The van der Waals surface area contributed by atoms with E-state index in [1.54, 1.807) is 6.07 Å². The first-order chi connectivity index (χ1) is 15.0. The fourth-order valence-electron chi connectivity index (χ4n) is 3.50. The number of amides is 1. The van der Waals surface area contributed by atoms with Crippen LogP contribution in [-0.4, -0.2) is 30.3 Å². The van der Waals surface area contributed by atoms with Gasteiger partial charge in [-0.05, 0) is 30.5 Å². The van der Waals surface area contributed by atoms with Crippen LogP contribution in [0.3, 0.4) is 0 Å². The molecule has 8 nitrogen and oxygen atoms in total. The summed E-state index contributed by atoms with van der Waals surface area (Å²) in [7, 11) is 0. The van der Waals surface area contributed by atoms with E-state index in [0.29, 0.717) is 29.5 Å². The van der Waals surface area contributed by atoms with E-state index in [1.165, 1.54) is 10.7 Å². The molecule has 0 radical (unpaired) electrons. The van der Waals surface area contributed by atoms with Gasteiger partial charge in [0.1, 0.15) is 6.54 Å². The molecule has 0 saturated carbocycles. The molecule has 8 heteroatoms. The minimum atomic E-state index is -0.335. The molecule has 3 aromatic heterocycles. The molecule has 0 aliphatic carbocycles. The first-order valence-electron chi connectivity index (χ1n) is 10.2. The van der Waals surface area contributed by atoms with Crippen molar-refractivity contribution in [3.8, 4) is 11.3 Å². The van der Waals surface area contributed by atoms with E-state index < -0.39 is 0 Å². The van der Waals surface area contributed by atoms with Gasteiger partial charge in [-0.3, -0.25) is 14.0 Å². The number of hydrogen-bond acceptors (Lipinski definition) is 5. The second-order valence-electron chi connectivity index (χ2n) is 7.82. The van der Waals surface area contributed by atoms with Crippen LogP contribution >= 0.6 is 0 Å². The Morgan fingerprint density at radius 1 is 1.00 bits per heavy atom. The molecule has 31 heavy (non-hydrogen) atoms. The normalized spacial score (nSPS) is 12.2. The summed E-state index contributed by atoms with van der Waals surface area (Å²) in [6, 6.07) is 17.9. The smallest absolute Gasteiger partial charge is 0.267 e. The summed E-state index contributed by atoms with van der Waals surface area (Å²) >= 11 is 0. The number of fused-ring (bicyclic) bond motifs is 1. The average Bonchev–Trinajstić information content (AvgIpc) is 3.19. The van der Waals surface area contributed by atoms with Crippen molar-refractivity contribution in [2.75, 3.05) is 0 Å². The zero-order chi connectivity index (χ0) is 21.8. The van der Waals surface area contributed by atoms with Gasteiger partial charge in [0.05, 0.1) is 11.7 Å². The van der Waals surface area contributed by atoms with Crippen LogP contribution in [0.2, 0.25) is 0 Å². The van der Waals surface area contributed by atoms with Crippen LogP contribution < -0.4 is 10.9 Å². The van der Waals surface area contributed by atoms with Crippen molar-refractivity contribution in [2.24, 2.45) is 5.92 Å². The third-order valence-electron chi connectivity index (χ3n) is 4.92. The summed E-state index contributed by atoms with van der Waals surface area (Å²) < 4.78 is 3.06. The lowest BCUT2D eigenvalue weighted by molar-refractivity contribution is -0.122. The number of benzene rings is 1. The van der Waals surface area contributed by atoms with E-state index in [1.807, 2.05) is 59.1 Å². The first kappa shape index (κ1) is 20.5. The lowest BCUT2D eigenvalue weighted by Gasteiger charge is -2.19. The van der Waals surface area contributed by atoms with Gasteiger partial charge in [0.25, 0.3) is 5.56 Å². The first-order valence-corrected chi connectivity index (χ1v) is 10.2. The van der Waals surface area contributed by atoms with Crippen LogP contribution in [0.25, 0.3) is 16.9 Å². The molecular formula is C23H24N6O2. The van der Waals surface area contributed by atoms with E-state index in [0.717, 1.165) is 5.56 Å². The lowest BCUT2D eigenvalue weighted by atomic mass is 10.0. The molecule has 0 unspecified atom stereocenters. The van der Waals surface area contributed by atoms with Crippen molar-refractivity contribution < 1.29 is 4.79 Å². The van der Waals surface area contributed by atoms with Gasteiger partial charge in [0.15, 0.2) is 11.5 Å². The molecule has 0 aliphatic rings. The topological polar surface area (TPSA) is 94.2 Å². The number of aromatic nitrogens is 5. The van der Waals surface area contributed by atoms with E-state index in [-0.39, 0.29) is 24.1 Å². The quantitative estimate of drug-likeness (QED) is 0.500. The summed E-state index contributed by atoms with van der Waals surface area (Å²) in [5.41, 5.74) is 1.90. The highest BCUT2D eigenvalue weighted by Crippen LogP contribution is 2.20. The van der Waals surface area contributed by atoms with Gasteiger partial charge in [-0.2, -0.15) is 5.10 Å². The van der Waals surface area contributed by atoms with Crippen LogP contribution in [0.5, 0.6) is 0 Å². The number of hydrogen-bond donors (Lipinski definition) is 1. The van der Waals surface area contributed by atoms with Crippen molar-refractivity contribution in [3.63, 3.8) is 0 Å². The minimum absolute atomic E-state index is 0.176. The fourth-order valence-corrected chi connectivity index (χ4v) is 3.50. The molecule has 0 aliphatic heterocycles. The van der Waals surface area contributed by atoms with Crippen molar-refractivity contribution in [2.45, 2.75) is 32.9 Å². The Balaban J connectivity index is 1.57. The molecule has 1 aromatic carbocycles. The molecule has 4 rings (SSSR count). The van der Waals surface area contributed by atoms with E-state index in [4.69, 9.17) is 0 Å². The van der Waals surface area contributed by atoms with Crippen molar-refractivity contribution in [1.29, 1.82) is 0 Å². The number of nitrogens with zero attached hydrogens (tertiary/aromatic N) is 5. The predicted molar refractivity (Wildman–Crippen MR) is 117 cm³/mol. The van der Waals surface area contributed by atoms with Gasteiger partial charge in [-0.25, -0.2) is 4.68 Å². The molecule has 158 valence electrons. The van der Waals surface area contributed by atoms with Crippen LogP contribution in [0.15, 0.2) is 71.7 Å². The summed E-state index contributed by atoms with van der Waals surface area (Å²) in [6.45, 7) is 3.99. The third kappa shape index (κ3) is 4.69. The highest BCUT2D eigenvalue weighted by molar-refractivity contribution is 5.76. The van der Waals surface area contributed by atoms with Crippen LogP contribution in [0, 0.1) is 5.92 Å². The van der Waals surface area contributed by atoms with E-state index in [9.17, 15) is 9.59 Å². The molecule has 4 aromatic rings. The molecule has 1 amide bonds. The zero-order valence-electron chi connectivity index (χ0n) is 17.5. The highest BCUT2D eigenvalue weighted by atomic mass is 16.2. The van der Waals surface area contributed by atoms with Gasteiger partial charge in [0.2, 0.25) is 5.91 Å². The largest absolute Gasteiger partial charge is 0.344 e. The Morgan fingerprint density at radius 2 is 1.77 bits per heavy atom. The standard InChI is InChI=1S/C23H24N6O2/c1-16(2)14-19(23-26-25-20-10-6-7-13-28(20)23)24-21(30)15-29-22(31)12-11-18(27-29)17-8-4-3-5-9-17/h3-13,16,19H,14-15H2,1-2H3,(H,24,30)/t19-/m1/s1. The van der Waals surface area contributed by atoms with Crippen molar-refractivity contribution >= 4 is 11.6 Å². The molecule has 3 heterocycles. The number of rotatable bonds is 7. The average molecular weight is 416 g/mol. The Hall–Kier alpha value is -3.81. The van der Waals surface area contributed by atoms with E-state index in [2.05, 4.69) is 34.5 Å². The predicted octanol–water partition coefficient (Wildman–Crippen LogP) is 2.86. The van der Waals surface area contributed by atoms with Crippen LogP contribution in [-0.2, 0) is 11.3 Å². The molecule has 0 spiro atoms. The second kappa shape index (κ2) is 8.91.